The molecule has 4 nitrogen and oxygen atoms in total. The summed E-state index contributed by atoms with van der Waals surface area (Å²) in [5, 5.41) is 1.42. The molecule has 0 fully saturated rings. The van der Waals surface area contributed by atoms with Gasteiger partial charge in [-0.05, 0) is 61.2 Å². The first-order chi connectivity index (χ1) is 10.8. The van der Waals surface area contributed by atoms with Gasteiger partial charge in [-0.3, -0.25) is 5.01 Å². The maximum absolute atomic E-state index is 12.1. The molecule has 124 valence electrons. The van der Waals surface area contributed by atoms with Crippen LogP contribution >= 0.6 is 0 Å². The third kappa shape index (κ3) is 4.79. The zero-order chi connectivity index (χ0) is 17.0. The van der Waals surface area contributed by atoms with E-state index in [2.05, 4.69) is 4.74 Å². The van der Waals surface area contributed by atoms with Crippen LogP contribution in [0.1, 0.15) is 25.3 Å². The van der Waals surface area contributed by atoms with Gasteiger partial charge in [0.25, 0.3) is 0 Å². The van der Waals surface area contributed by atoms with E-state index in [0.29, 0.717) is 11.3 Å². The van der Waals surface area contributed by atoms with Crippen LogP contribution in [0.3, 0.4) is 0 Å². The van der Waals surface area contributed by atoms with Gasteiger partial charge in [0, 0.05) is 6.20 Å². The van der Waals surface area contributed by atoms with Crippen LogP contribution in [0.5, 0.6) is 5.75 Å². The number of nitrogens with zero attached hydrogens (tertiary/aromatic N) is 1. The summed E-state index contributed by atoms with van der Waals surface area (Å²) in [4.78, 5) is 0. The van der Waals surface area contributed by atoms with Crippen molar-refractivity contribution >= 4 is 5.70 Å². The van der Waals surface area contributed by atoms with Gasteiger partial charge < -0.3 is 10.5 Å². The molecule has 1 aromatic carbocycles. The number of hydrazine groups is 1. The minimum absolute atomic E-state index is 0.299. The van der Waals surface area contributed by atoms with Crippen molar-refractivity contribution in [2.24, 2.45) is 11.6 Å². The second-order valence-electron chi connectivity index (χ2n) is 5.17. The first-order valence-corrected chi connectivity index (χ1v) is 7.00. The van der Waals surface area contributed by atoms with Crippen molar-refractivity contribution in [2.45, 2.75) is 26.1 Å². The predicted octanol–water partition coefficient (Wildman–Crippen LogP) is 3.64. The Morgan fingerprint density at radius 1 is 1.26 bits per heavy atom. The van der Waals surface area contributed by atoms with Crippen molar-refractivity contribution in [3.8, 4) is 5.75 Å². The molecule has 0 aromatic heterocycles. The Kier molecular flexibility index (Phi) is 5.00. The summed E-state index contributed by atoms with van der Waals surface area (Å²) in [6, 6.07) is 5.29. The normalized spacial score (nSPS) is 15.8. The van der Waals surface area contributed by atoms with Gasteiger partial charge >= 0.3 is 6.36 Å². The fourth-order valence-corrected chi connectivity index (χ4v) is 2.21. The van der Waals surface area contributed by atoms with Crippen LogP contribution in [0.25, 0.3) is 5.70 Å². The lowest BCUT2D eigenvalue weighted by molar-refractivity contribution is -0.274. The van der Waals surface area contributed by atoms with Crippen molar-refractivity contribution in [3.63, 3.8) is 0 Å². The lowest BCUT2D eigenvalue weighted by atomic mass is 10.0. The molecule has 23 heavy (non-hydrogen) atoms. The van der Waals surface area contributed by atoms with Gasteiger partial charge in [-0.25, -0.2) is 5.84 Å². The molecule has 4 N–H and O–H groups in total. The zero-order valence-electron chi connectivity index (χ0n) is 12.6. The molecule has 2 rings (SSSR count). The van der Waals surface area contributed by atoms with Crippen LogP contribution in [0.4, 0.5) is 13.2 Å². The second kappa shape index (κ2) is 6.78. The fourth-order valence-electron chi connectivity index (χ4n) is 2.21. The molecule has 7 heteroatoms. The van der Waals surface area contributed by atoms with E-state index in [1.165, 1.54) is 35.5 Å². The summed E-state index contributed by atoms with van der Waals surface area (Å²) in [7, 11) is 0. The molecule has 0 unspecified atom stereocenters. The summed E-state index contributed by atoms with van der Waals surface area (Å²) in [6.07, 6.45) is 2.67. The zero-order valence-corrected chi connectivity index (χ0v) is 12.6. The number of ether oxygens (including phenoxy) is 1. The highest BCUT2D eigenvalue weighted by Crippen LogP contribution is 2.24. The predicted molar refractivity (Wildman–Crippen MR) is 82.4 cm³/mol. The van der Waals surface area contributed by atoms with Crippen molar-refractivity contribution in [1.29, 1.82) is 0 Å². The maximum Gasteiger partial charge on any atom is 0.573 e. The van der Waals surface area contributed by atoms with Gasteiger partial charge in [0.1, 0.15) is 5.75 Å². The highest BCUT2D eigenvalue weighted by atomic mass is 19.4. The van der Waals surface area contributed by atoms with Crippen LogP contribution in [0.2, 0.25) is 0 Å². The lowest BCUT2D eigenvalue weighted by Crippen LogP contribution is -2.26. The van der Waals surface area contributed by atoms with Crippen molar-refractivity contribution in [1.82, 2.24) is 5.01 Å². The minimum Gasteiger partial charge on any atom is -0.406 e. The minimum atomic E-state index is -4.71. The Bertz CT molecular complexity index is 646. The summed E-state index contributed by atoms with van der Waals surface area (Å²) >= 11 is 0. The maximum atomic E-state index is 12.1. The second-order valence-corrected chi connectivity index (χ2v) is 5.17. The van der Waals surface area contributed by atoms with Crippen LogP contribution in [0, 0.1) is 0 Å². The van der Waals surface area contributed by atoms with Gasteiger partial charge in [0.05, 0.1) is 11.4 Å². The van der Waals surface area contributed by atoms with Crippen molar-refractivity contribution in [3.05, 3.63) is 59.5 Å². The van der Waals surface area contributed by atoms with E-state index >= 15 is 0 Å². The number of hydrogen-bond acceptors (Lipinski definition) is 4. The molecular formula is C16H18F3N3O. The fraction of sp³-hybridized carbons (Fsp3) is 0.250. The molecule has 0 spiro atoms. The number of nitrogens with two attached hydrogens (primary N) is 2. The molecule has 0 bridgehead atoms. The van der Waals surface area contributed by atoms with E-state index in [9.17, 15) is 13.2 Å². The Balaban J connectivity index is 2.13. The molecule has 0 radical (unpaired) electrons. The number of rotatable bonds is 4. The molecule has 0 amide bonds. The smallest absolute Gasteiger partial charge is 0.406 e. The molecule has 0 heterocycles. The van der Waals surface area contributed by atoms with E-state index in [1.54, 1.807) is 0 Å². The average Bonchev–Trinajstić information content (AvgIpc) is 2.46. The molecule has 0 aliphatic heterocycles. The Hall–Kier alpha value is -2.41. The molecule has 1 aromatic rings. The van der Waals surface area contributed by atoms with E-state index < -0.39 is 6.36 Å². The van der Waals surface area contributed by atoms with Crippen LogP contribution in [-0.4, -0.2) is 11.4 Å². The highest BCUT2D eigenvalue weighted by molar-refractivity contribution is 5.63. The summed E-state index contributed by atoms with van der Waals surface area (Å²) < 4.78 is 40.2. The van der Waals surface area contributed by atoms with Gasteiger partial charge in [-0.15, -0.1) is 13.2 Å². The van der Waals surface area contributed by atoms with E-state index in [0.717, 1.165) is 24.1 Å². The third-order valence-corrected chi connectivity index (χ3v) is 3.38. The quantitative estimate of drug-likeness (QED) is 0.655. The average molecular weight is 325 g/mol. The lowest BCUT2D eigenvalue weighted by Gasteiger charge is -2.21. The number of hydrogen-bond donors (Lipinski definition) is 2. The SMILES string of the molecule is CC1=C(N(N)/C=C(\N)c2ccc(OC(F)(F)F)cc2)C=CCC1. The first-order valence-electron chi connectivity index (χ1n) is 7.00. The largest absolute Gasteiger partial charge is 0.573 e. The van der Waals surface area contributed by atoms with E-state index in [1.807, 2.05) is 19.1 Å². The van der Waals surface area contributed by atoms with Crippen molar-refractivity contribution in [2.75, 3.05) is 0 Å². The Morgan fingerprint density at radius 2 is 1.91 bits per heavy atom. The summed E-state index contributed by atoms with van der Waals surface area (Å²) in [5.74, 6) is 5.69. The van der Waals surface area contributed by atoms with Gasteiger partial charge in [0.2, 0.25) is 0 Å². The first kappa shape index (κ1) is 17.0. The van der Waals surface area contributed by atoms with E-state index in [4.69, 9.17) is 11.6 Å². The number of allylic oxidation sites excluding steroid dienone is 3. The van der Waals surface area contributed by atoms with Crippen molar-refractivity contribution < 1.29 is 17.9 Å². The summed E-state index contributed by atoms with van der Waals surface area (Å²) in [5.41, 5.74) is 8.85. The molecule has 1 aliphatic carbocycles. The third-order valence-electron chi connectivity index (χ3n) is 3.38. The van der Waals surface area contributed by atoms with Crippen LogP contribution in [0.15, 0.2) is 53.9 Å². The molecular weight excluding hydrogens is 307 g/mol. The van der Waals surface area contributed by atoms with Gasteiger partial charge in [-0.1, -0.05) is 6.08 Å². The highest BCUT2D eigenvalue weighted by Gasteiger charge is 2.30. The summed E-state index contributed by atoms with van der Waals surface area (Å²) in [6.45, 7) is 1.99. The van der Waals surface area contributed by atoms with E-state index in [-0.39, 0.29) is 5.75 Å². The Morgan fingerprint density at radius 3 is 2.48 bits per heavy atom. The monoisotopic (exact) mass is 325 g/mol. The van der Waals surface area contributed by atoms with Crippen LogP contribution < -0.4 is 16.3 Å². The number of halogens is 3. The molecule has 1 aliphatic rings. The molecule has 0 saturated heterocycles. The number of benzene rings is 1. The molecule has 0 saturated carbocycles. The van der Waals surface area contributed by atoms with Gasteiger partial charge in [0.15, 0.2) is 0 Å². The topological polar surface area (TPSA) is 64.5 Å². The standard InChI is InChI=1S/C16H18F3N3O/c1-11-4-2-3-5-15(11)22(21)10-14(20)12-6-8-13(9-7-12)23-16(17,18)19/h3,5-10H,2,4,20-21H2,1H3/b14-10-. The van der Waals surface area contributed by atoms with Gasteiger partial charge in [-0.2, -0.15) is 0 Å². The number of alkyl halides is 3. The molecule has 0 atom stereocenters. The Labute approximate surface area is 132 Å². The van der Waals surface area contributed by atoms with Crippen LogP contribution in [-0.2, 0) is 0 Å².